The minimum atomic E-state index is 0.552. The molecule has 0 aliphatic rings. The van der Waals surface area contributed by atoms with Gasteiger partial charge >= 0.3 is 0 Å². The van der Waals surface area contributed by atoms with E-state index in [-0.39, 0.29) is 0 Å². The van der Waals surface area contributed by atoms with Gasteiger partial charge in [-0.25, -0.2) is 4.98 Å². The lowest BCUT2D eigenvalue weighted by atomic mass is 10.2. The number of hydrogen-bond acceptors (Lipinski definition) is 2. The van der Waals surface area contributed by atoms with Crippen LogP contribution in [0.15, 0.2) is 78.9 Å². The van der Waals surface area contributed by atoms with Crippen LogP contribution in [0.3, 0.4) is 0 Å². The number of rotatable bonds is 3. The van der Waals surface area contributed by atoms with E-state index in [9.17, 15) is 0 Å². The fraction of sp³-hybridized carbons (Fsp3) is 0.0500. The van der Waals surface area contributed by atoms with Crippen LogP contribution in [0, 0.1) is 0 Å². The SMILES string of the molecule is NCc1ccc(-n2c(-c3ccccc3)nc3ccccc32)cc1. The van der Waals surface area contributed by atoms with Gasteiger partial charge < -0.3 is 5.73 Å². The average molecular weight is 299 g/mol. The van der Waals surface area contributed by atoms with Gasteiger partial charge in [0.05, 0.1) is 11.0 Å². The molecule has 1 heterocycles. The normalized spacial score (nSPS) is 11.0. The van der Waals surface area contributed by atoms with Crippen molar-refractivity contribution in [3.8, 4) is 17.1 Å². The Morgan fingerprint density at radius 2 is 1.48 bits per heavy atom. The van der Waals surface area contributed by atoms with Crippen LogP contribution in [0.4, 0.5) is 0 Å². The van der Waals surface area contributed by atoms with E-state index in [1.807, 2.05) is 36.4 Å². The predicted octanol–water partition coefficient (Wildman–Crippen LogP) is 4.15. The monoisotopic (exact) mass is 299 g/mol. The number of nitrogens with two attached hydrogens (primary N) is 1. The van der Waals surface area contributed by atoms with Crippen molar-refractivity contribution in [3.63, 3.8) is 0 Å². The molecule has 0 amide bonds. The lowest BCUT2D eigenvalue weighted by Crippen LogP contribution is -2.00. The summed E-state index contributed by atoms with van der Waals surface area (Å²) < 4.78 is 2.20. The van der Waals surface area contributed by atoms with Crippen LogP contribution in [-0.2, 0) is 6.54 Å². The Morgan fingerprint density at radius 1 is 0.783 bits per heavy atom. The highest BCUT2D eigenvalue weighted by Crippen LogP contribution is 2.28. The molecule has 23 heavy (non-hydrogen) atoms. The summed E-state index contributed by atoms with van der Waals surface area (Å²) in [6.07, 6.45) is 0. The van der Waals surface area contributed by atoms with Gasteiger partial charge in [0, 0.05) is 17.8 Å². The van der Waals surface area contributed by atoms with Crippen LogP contribution in [0.2, 0.25) is 0 Å². The van der Waals surface area contributed by atoms with E-state index in [1.165, 1.54) is 0 Å². The maximum Gasteiger partial charge on any atom is 0.145 e. The average Bonchev–Trinajstić information content (AvgIpc) is 3.02. The molecule has 3 nitrogen and oxygen atoms in total. The van der Waals surface area contributed by atoms with Gasteiger partial charge in [0.15, 0.2) is 0 Å². The highest BCUT2D eigenvalue weighted by molar-refractivity contribution is 5.83. The minimum Gasteiger partial charge on any atom is -0.326 e. The maximum absolute atomic E-state index is 5.71. The highest BCUT2D eigenvalue weighted by atomic mass is 15.1. The summed E-state index contributed by atoms with van der Waals surface area (Å²) in [5.74, 6) is 0.951. The molecule has 112 valence electrons. The Balaban J connectivity index is 1.99. The van der Waals surface area contributed by atoms with Gasteiger partial charge in [-0.2, -0.15) is 0 Å². The Hall–Kier alpha value is -2.91. The molecule has 0 atom stereocenters. The lowest BCUT2D eigenvalue weighted by Gasteiger charge is -2.10. The van der Waals surface area contributed by atoms with Crippen LogP contribution in [0.1, 0.15) is 5.56 Å². The third-order valence-corrected chi connectivity index (χ3v) is 4.02. The van der Waals surface area contributed by atoms with E-state index >= 15 is 0 Å². The van der Waals surface area contributed by atoms with Crippen molar-refractivity contribution >= 4 is 11.0 Å². The van der Waals surface area contributed by atoms with Crippen molar-refractivity contribution in [2.75, 3.05) is 0 Å². The number of aromatic nitrogens is 2. The number of imidazole rings is 1. The first-order valence-electron chi connectivity index (χ1n) is 7.69. The molecule has 0 radical (unpaired) electrons. The standard InChI is InChI=1S/C20H17N3/c21-14-15-10-12-17(13-11-15)23-19-9-5-4-8-18(19)22-20(23)16-6-2-1-3-7-16/h1-13H,14,21H2. The van der Waals surface area contributed by atoms with Gasteiger partial charge in [-0.15, -0.1) is 0 Å². The highest BCUT2D eigenvalue weighted by Gasteiger charge is 2.13. The summed E-state index contributed by atoms with van der Waals surface area (Å²) in [6, 6.07) is 26.8. The van der Waals surface area contributed by atoms with Crippen molar-refractivity contribution < 1.29 is 0 Å². The van der Waals surface area contributed by atoms with Crippen molar-refractivity contribution in [3.05, 3.63) is 84.4 Å². The van der Waals surface area contributed by atoms with Crippen LogP contribution in [0.5, 0.6) is 0 Å². The Bertz CT molecular complexity index is 938. The minimum absolute atomic E-state index is 0.552. The molecule has 1 aromatic heterocycles. The van der Waals surface area contributed by atoms with Gasteiger partial charge in [0.1, 0.15) is 5.82 Å². The third kappa shape index (κ3) is 2.41. The fourth-order valence-electron chi connectivity index (χ4n) is 2.85. The number of benzene rings is 3. The molecular weight excluding hydrogens is 282 g/mol. The lowest BCUT2D eigenvalue weighted by molar-refractivity contribution is 1.05. The summed E-state index contributed by atoms with van der Waals surface area (Å²) in [4.78, 5) is 4.84. The van der Waals surface area contributed by atoms with E-state index in [4.69, 9.17) is 10.7 Å². The third-order valence-electron chi connectivity index (χ3n) is 4.02. The van der Waals surface area contributed by atoms with Crippen LogP contribution < -0.4 is 5.73 Å². The number of fused-ring (bicyclic) bond motifs is 1. The van der Waals surface area contributed by atoms with Gasteiger partial charge in [-0.1, -0.05) is 54.6 Å². The maximum atomic E-state index is 5.71. The molecule has 0 spiro atoms. The first kappa shape index (κ1) is 13.7. The molecule has 0 bridgehead atoms. The van der Waals surface area contributed by atoms with Crippen molar-refractivity contribution in [1.29, 1.82) is 0 Å². The Kier molecular flexibility index (Phi) is 3.41. The molecular formula is C20H17N3. The van der Waals surface area contributed by atoms with Gasteiger partial charge in [-0.05, 0) is 29.8 Å². The predicted molar refractivity (Wildman–Crippen MR) is 94.4 cm³/mol. The smallest absolute Gasteiger partial charge is 0.145 e. The van der Waals surface area contributed by atoms with Crippen molar-refractivity contribution in [1.82, 2.24) is 9.55 Å². The van der Waals surface area contributed by atoms with E-state index < -0.39 is 0 Å². The quantitative estimate of drug-likeness (QED) is 0.617. The molecule has 0 aliphatic carbocycles. The van der Waals surface area contributed by atoms with Gasteiger partial charge in [0.25, 0.3) is 0 Å². The topological polar surface area (TPSA) is 43.8 Å². The molecule has 4 rings (SSSR count). The number of hydrogen-bond donors (Lipinski definition) is 1. The fourth-order valence-corrected chi connectivity index (χ4v) is 2.85. The summed E-state index contributed by atoms with van der Waals surface area (Å²) in [7, 11) is 0. The summed E-state index contributed by atoms with van der Waals surface area (Å²) in [5, 5.41) is 0. The second-order valence-electron chi connectivity index (χ2n) is 5.50. The number of nitrogens with zero attached hydrogens (tertiary/aromatic N) is 2. The molecule has 0 saturated heterocycles. The van der Waals surface area contributed by atoms with Crippen molar-refractivity contribution in [2.45, 2.75) is 6.54 Å². The van der Waals surface area contributed by atoms with Crippen LogP contribution in [0.25, 0.3) is 28.1 Å². The summed E-state index contributed by atoms with van der Waals surface area (Å²) >= 11 is 0. The molecule has 2 N–H and O–H groups in total. The van der Waals surface area contributed by atoms with E-state index in [1.54, 1.807) is 0 Å². The summed E-state index contributed by atoms with van der Waals surface area (Å²) in [6.45, 7) is 0.552. The largest absolute Gasteiger partial charge is 0.326 e. The molecule has 0 fully saturated rings. The first-order valence-corrected chi connectivity index (χ1v) is 7.69. The van der Waals surface area contributed by atoms with E-state index in [2.05, 4.69) is 47.0 Å². The second kappa shape index (κ2) is 5.71. The number of para-hydroxylation sites is 2. The molecule has 0 saturated carbocycles. The molecule has 4 aromatic rings. The zero-order valence-electron chi connectivity index (χ0n) is 12.7. The molecule has 0 aliphatic heterocycles. The van der Waals surface area contributed by atoms with E-state index in [0.717, 1.165) is 33.7 Å². The Morgan fingerprint density at radius 3 is 2.22 bits per heavy atom. The first-order chi connectivity index (χ1) is 11.4. The molecule has 3 heteroatoms. The zero-order valence-corrected chi connectivity index (χ0v) is 12.7. The zero-order chi connectivity index (χ0) is 15.6. The molecule has 3 aromatic carbocycles. The van der Waals surface area contributed by atoms with E-state index in [0.29, 0.717) is 6.54 Å². The van der Waals surface area contributed by atoms with Gasteiger partial charge in [0.2, 0.25) is 0 Å². The summed E-state index contributed by atoms with van der Waals surface area (Å²) in [5.41, 5.74) is 11.1. The van der Waals surface area contributed by atoms with Crippen molar-refractivity contribution in [2.24, 2.45) is 5.73 Å². The van der Waals surface area contributed by atoms with Gasteiger partial charge in [-0.3, -0.25) is 4.57 Å². The van der Waals surface area contributed by atoms with Crippen LogP contribution >= 0.6 is 0 Å². The second-order valence-corrected chi connectivity index (χ2v) is 5.50. The Labute approximate surface area is 135 Å². The van der Waals surface area contributed by atoms with Crippen LogP contribution in [-0.4, -0.2) is 9.55 Å². The molecule has 0 unspecified atom stereocenters.